The summed E-state index contributed by atoms with van der Waals surface area (Å²) in [6.07, 6.45) is 2.77. The molecule has 1 aliphatic carbocycles. The first-order valence-electron chi connectivity index (χ1n) is 11.5. The smallest absolute Gasteiger partial charge is 0.256 e. The molecule has 4 aromatic rings. The summed E-state index contributed by atoms with van der Waals surface area (Å²) < 4.78 is 29.1. The fourth-order valence-electron chi connectivity index (χ4n) is 4.34. The molecule has 1 amide bonds. The van der Waals surface area contributed by atoms with E-state index in [1.54, 1.807) is 23.9 Å². The van der Waals surface area contributed by atoms with Crippen molar-refractivity contribution in [1.82, 2.24) is 14.1 Å². The van der Waals surface area contributed by atoms with Crippen molar-refractivity contribution in [2.75, 3.05) is 12.4 Å². The Hall–Kier alpha value is -3.75. The second-order valence-corrected chi connectivity index (χ2v) is 10.6. The molecule has 0 saturated heterocycles. The Bertz CT molecular complexity index is 1450. The van der Waals surface area contributed by atoms with Gasteiger partial charge in [-0.25, -0.2) is 13.1 Å². The van der Waals surface area contributed by atoms with Crippen LogP contribution in [0.25, 0.3) is 5.69 Å². The number of hydrogen-bond acceptors (Lipinski definition) is 4. The summed E-state index contributed by atoms with van der Waals surface area (Å²) in [6, 6.07) is 25.2. The number of nitrogens with zero attached hydrogens (tertiary/aromatic N) is 3. The number of benzene rings is 3. The van der Waals surface area contributed by atoms with Crippen molar-refractivity contribution >= 4 is 21.7 Å². The average Bonchev–Trinajstić information content (AvgIpc) is 3.48. The highest BCUT2D eigenvalue weighted by Gasteiger charge is 2.25. The number of hydrogen-bond donors (Lipinski definition) is 1. The summed E-state index contributed by atoms with van der Waals surface area (Å²) in [6.45, 7) is 0.264. The largest absolute Gasteiger partial charge is 0.306 e. The van der Waals surface area contributed by atoms with E-state index in [0.29, 0.717) is 11.4 Å². The quantitative estimate of drug-likeness (QED) is 0.419. The second kappa shape index (κ2) is 9.48. The predicted molar refractivity (Wildman–Crippen MR) is 135 cm³/mol. The Morgan fingerprint density at radius 2 is 1.60 bits per heavy atom. The minimum absolute atomic E-state index is 0.141. The van der Waals surface area contributed by atoms with Crippen LogP contribution in [0.1, 0.15) is 33.6 Å². The highest BCUT2D eigenvalue weighted by Crippen LogP contribution is 2.31. The molecule has 3 aromatic carbocycles. The maximum Gasteiger partial charge on any atom is 0.256 e. The van der Waals surface area contributed by atoms with Gasteiger partial charge in [0, 0.05) is 24.7 Å². The molecule has 1 heterocycles. The molecule has 1 aliphatic rings. The van der Waals surface area contributed by atoms with Crippen molar-refractivity contribution in [1.29, 1.82) is 0 Å². The van der Waals surface area contributed by atoms with Gasteiger partial charge >= 0.3 is 0 Å². The van der Waals surface area contributed by atoms with Gasteiger partial charge < -0.3 is 5.32 Å². The Balaban J connectivity index is 1.36. The minimum Gasteiger partial charge on any atom is -0.306 e. The van der Waals surface area contributed by atoms with E-state index in [4.69, 9.17) is 5.10 Å². The Morgan fingerprint density at radius 1 is 0.943 bits per heavy atom. The van der Waals surface area contributed by atoms with Gasteiger partial charge in [0.25, 0.3) is 5.91 Å². The average molecular weight is 487 g/mol. The van der Waals surface area contributed by atoms with Crippen molar-refractivity contribution in [2.24, 2.45) is 0 Å². The van der Waals surface area contributed by atoms with E-state index >= 15 is 0 Å². The van der Waals surface area contributed by atoms with Crippen molar-refractivity contribution in [2.45, 2.75) is 30.7 Å². The van der Waals surface area contributed by atoms with Gasteiger partial charge in [0.1, 0.15) is 5.82 Å². The molecule has 0 radical (unpaired) electrons. The van der Waals surface area contributed by atoms with Crippen molar-refractivity contribution in [3.8, 4) is 5.69 Å². The monoisotopic (exact) mass is 486 g/mol. The van der Waals surface area contributed by atoms with Gasteiger partial charge in [0.15, 0.2) is 0 Å². The Morgan fingerprint density at radius 3 is 2.29 bits per heavy atom. The number of para-hydroxylation sites is 1. The molecule has 0 saturated carbocycles. The number of rotatable bonds is 7. The summed E-state index contributed by atoms with van der Waals surface area (Å²) in [4.78, 5) is 13.3. The minimum atomic E-state index is -3.69. The fraction of sp³-hybridized carbons (Fsp3) is 0.185. The molecule has 35 heavy (non-hydrogen) atoms. The molecule has 0 aliphatic heterocycles. The molecule has 8 heteroatoms. The van der Waals surface area contributed by atoms with Crippen LogP contribution in [0.3, 0.4) is 0 Å². The third-order valence-corrected chi connectivity index (χ3v) is 8.03. The summed E-state index contributed by atoms with van der Waals surface area (Å²) in [5, 5.41) is 7.75. The van der Waals surface area contributed by atoms with Crippen LogP contribution < -0.4 is 5.32 Å². The molecule has 1 N–H and O–H groups in total. The topological polar surface area (TPSA) is 84.3 Å². The zero-order valence-electron chi connectivity index (χ0n) is 19.4. The lowest BCUT2D eigenvalue weighted by Gasteiger charge is -2.17. The Labute approximate surface area is 205 Å². The van der Waals surface area contributed by atoms with Crippen LogP contribution in [0, 0.1) is 0 Å². The first-order chi connectivity index (χ1) is 16.9. The van der Waals surface area contributed by atoms with Gasteiger partial charge in [-0.1, -0.05) is 48.5 Å². The lowest BCUT2D eigenvalue weighted by atomic mass is 10.2. The third kappa shape index (κ3) is 4.62. The highest BCUT2D eigenvalue weighted by molar-refractivity contribution is 7.89. The van der Waals surface area contributed by atoms with Crippen LogP contribution in [-0.2, 0) is 29.4 Å². The number of fused-ring (bicyclic) bond motifs is 1. The maximum absolute atomic E-state index is 13.1. The maximum atomic E-state index is 13.1. The first-order valence-corrected chi connectivity index (χ1v) is 13.0. The van der Waals surface area contributed by atoms with E-state index in [1.807, 2.05) is 60.7 Å². The van der Waals surface area contributed by atoms with E-state index in [2.05, 4.69) is 5.32 Å². The molecular formula is C27H26N4O3S. The molecule has 178 valence electrons. The number of carbonyl (C=O) groups excluding carboxylic acids is 1. The fourth-order valence-corrected chi connectivity index (χ4v) is 5.50. The van der Waals surface area contributed by atoms with E-state index in [0.717, 1.165) is 41.8 Å². The van der Waals surface area contributed by atoms with Gasteiger partial charge in [-0.15, -0.1) is 0 Å². The van der Waals surface area contributed by atoms with E-state index < -0.39 is 10.0 Å². The number of aromatic nitrogens is 2. The number of nitrogens with one attached hydrogen (secondary N) is 1. The zero-order valence-corrected chi connectivity index (χ0v) is 20.2. The molecule has 5 rings (SSSR count). The van der Waals surface area contributed by atoms with Crippen molar-refractivity contribution in [3.05, 3.63) is 107 Å². The second-order valence-electron chi connectivity index (χ2n) is 8.60. The van der Waals surface area contributed by atoms with Crippen LogP contribution in [0.2, 0.25) is 0 Å². The third-order valence-electron chi connectivity index (χ3n) is 6.21. The summed E-state index contributed by atoms with van der Waals surface area (Å²) in [5.41, 5.74) is 4.22. The molecule has 0 bridgehead atoms. The van der Waals surface area contributed by atoms with E-state index in [9.17, 15) is 13.2 Å². The van der Waals surface area contributed by atoms with Gasteiger partial charge in [-0.2, -0.15) is 9.40 Å². The predicted octanol–water partition coefficient (Wildman–Crippen LogP) is 4.43. The zero-order chi connectivity index (χ0) is 24.4. The lowest BCUT2D eigenvalue weighted by Crippen LogP contribution is -2.26. The van der Waals surface area contributed by atoms with Gasteiger partial charge in [-0.05, 0) is 61.2 Å². The summed E-state index contributed by atoms with van der Waals surface area (Å²) in [7, 11) is -2.14. The number of aryl methyl sites for hydroxylation is 1. The Kier molecular flexibility index (Phi) is 6.23. The SMILES string of the molecule is CN(Cc1ccccc1)S(=O)(=O)c1ccc(C(=O)Nc2c3c(nn2-c2ccccc2)CCC3)cc1. The molecule has 0 atom stereocenters. The van der Waals surface area contributed by atoms with Crippen LogP contribution in [0.5, 0.6) is 0 Å². The lowest BCUT2D eigenvalue weighted by molar-refractivity contribution is 0.102. The number of anilines is 1. The van der Waals surface area contributed by atoms with Crippen LogP contribution in [0.15, 0.2) is 89.8 Å². The summed E-state index contributed by atoms with van der Waals surface area (Å²) in [5.74, 6) is 0.367. The summed E-state index contributed by atoms with van der Waals surface area (Å²) >= 11 is 0. The number of sulfonamides is 1. The molecular weight excluding hydrogens is 460 g/mol. The number of carbonyl (C=O) groups is 1. The molecule has 0 spiro atoms. The normalized spacial score (nSPS) is 13.1. The standard InChI is InChI=1S/C27H26N4O3S/c1-30(19-20-9-4-2-5-10-20)35(33,34)23-17-15-21(16-18-23)27(32)28-26-24-13-8-14-25(24)29-31(26)22-11-6-3-7-12-22/h2-7,9-12,15-18H,8,13-14,19H2,1H3,(H,28,32). The molecule has 0 unspecified atom stereocenters. The number of amides is 1. The first kappa shape index (κ1) is 23.0. The highest BCUT2D eigenvalue weighted by atomic mass is 32.2. The van der Waals surface area contributed by atoms with Gasteiger partial charge in [0.2, 0.25) is 10.0 Å². The van der Waals surface area contributed by atoms with E-state index in [-0.39, 0.29) is 17.3 Å². The van der Waals surface area contributed by atoms with Gasteiger partial charge in [-0.3, -0.25) is 4.79 Å². The molecule has 1 aromatic heterocycles. The van der Waals surface area contributed by atoms with Crippen LogP contribution in [-0.4, -0.2) is 35.5 Å². The van der Waals surface area contributed by atoms with Gasteiger partial charge in [0.05, 0.1) is 16.3 Å². The molecule has 0 fully saturated rings. The van der Waals surface area contributed by atoms with Crippen molar-refractivity contribution < 1.29 is 13.2 Å². The van der Waals surface area contributed by atoms with Crippen molar-refractivity contribution in [3.63, 3.8) is 0 Å². The van der Waals surface area contributed by atoms with Crippen LogP contribution in [0.4, 0.5) is 5.82 Å². The molecule has 7 nitrogen and oxygen atoms in total. The van der Waals surface area contributed by atoms with Crippen LogP contribution >= 0.6 is 0 Å². The van der Waals surface area contributed by atoms with E-state index in [1.165, 1.54) is 16.4 Å².